The summed E-state index contributed by atoms with van der Waals surface area (Å²) in [4.78, 5) is 2.33. The number of anilines is 1. The van der Waals surface area contributed by atoms with Crippen molar-refractivity contribution in [2.45, 2.75) is 19.0 Å². The lowest BCUT2D eigenvalue weighted by Gasteiger charge is -2.40. The van der Waals surface area contributed by atoms with E-state index in [-0.39, 0.29) is 0 Å². The maximum Gasteiger partial charge on any atom is 0.235 e. The van der Waals surface area contributed by atoms with Gasteiger partial charge in [0.1, 0.15) is 0 Å². The van der Waals surface area contributed by atoms with E-state index in [1.807, 2.05) is 6.07 Å². The number of hydrogen-bond acceptors (Lipinski definition) is 5. The Hall–Kier alpha value is -1.36. The summed E-state index contributed by atoms with van der Waals surface area (Å²) in [6, 6.07) is 2.70. The number of rotatable bonds is 2. The molecule has 0 spiro atoms. The van der Waals surface area contributed by atoms with E-state index in [4.69, 9.17) is 10.5 Å². The number of nitrogens with zero attached hydrogens (tertiary/aromatic N) is 3. The Kier molecular flexibility index (Phi) is 2.04. The molecular weight excluding hydrogens is 204 g/mol. The Morgan fingerprint density at radius 3 is 2.94 bits per heavy atom. The lowest BCUT2D eigenvalue weighted by molar-refractivity contribution is 0.198. The van der Waals surface area contributed by atoms with E-state index in [1.165, 1.54) is 0 Å². The summed E-state index contributed by atoms with van der Waals surface area (Å²) in [5.74, 6) is 1.88. The van der Waals surface area contributed by atoms with Crippen LogP contribution in [-0.4, -0.2) is 35.9 Å². The van der Waals surface area contributed by atoms with Crippen molar-refractivity contribution in [3.8, 4) is 5.88 Å². The van der Waals surface area contributed by atoms with Crippen LogP contribution in [0.25, 0.3) is 0 Å². The molecule has 0 amide bonds. The molecule has 4 atom stereocenters. The third-order valence-electron chi connectivity index (χ3n) is 4.03. The van der Waals surface area contributed by atoms with E-state index in [2.05, 4.69) is 22.0 Å². The molecule has 1 aromatic heterocycles. The summed E-state index contributed by atoms with van der Waals surface area (Å²) in [5, 5.41) is 7.82. The van der Waals surface area contributed by atoms with Crippen molar-refractivity contribution >= 4 is 5.69 Å². The molecule has 3 unspecified atom stereocenters. The van der Waals surface area contributed by atoms with Crippen LogP contribution in [0.2, 0.25) is 0 Å². The van der Waals surface area contributed by atoms with Gasteiger partial charge in [-0.2, -0.15) is 5.10 Å². The molecule has 0 aromatic carbocycles. The Morgan fingerprint density at radius 1 is 1.56 bits per heavy atom. The summed E-state index contributed by atoms with van der Waals surface area (Å²) in [7, 11) is 1.60. The number of methoxy groups -OCH3 is 1. The summed E-state index contributed by atoms with van der Waals surface area (Å²) in [5.41, 5.74) is 7.18. The van der Waals surface area contributed by atoms with E-state index >= 15 is 0 Å². The molecule has 5 heteroatoms. The number of hydrogen-bond donors (Lipinski definition) is 1. The van der Waals surface area contributed by atoms with Crippen molar-refractivity contribution in [3.05, 3.63) is 12.3 Å². The monoisotopic (exact) mass is 220 g/mol. The minimum Gasteiger partial charge on any atom is -0.480 e. The minimum absolute atomic E-state index is 0.314. The molecule has 3 fully saturated rings. The smallest absolute Gasteiger partial charge is 0.235 e. The Labute approximate surface area is 94.6 Å². The van der Waals surface area contributed by atoms with E-state index in [1.54, 1.807) is 13.3 Å². The van der Waals surface area contributed by atoms with Gasteiger partial charge in [-0.1, -0.05) is 6.92 Å². The zero-order chi connectivity index (χ0) is 11.3. The van der Waals surface area contributed by atoms with Crippen LogP contribution < -0.4 is 15.4 Å². The summed E-state index contributed by atoms with van der Waals surface area (Å²) in [6.45, 7) is 3.30. The Morgan fingerprint density at radius 2 is 2.38 bits per heavy atom. The van der Waals surface area contributed by atoms with E-state index in [0.717, 1.165) is 12.2 Å². The molecule has 16 heavy (non-hydrogen) atoms. The predicted molar refractivity (Wildman–Crippen MR) is 60.3 cm³/mol. The van der Waals surface area contributed by atoms with Crippen LogP contribution in [0.3, 0.4) is 0 Å². The van der Waals surface area contributed by atoms with Crippen molar-refractivity contribution in [2.24, 2.45) is 17.6 Å². The van der Waals surface area contributed by atoms with Crippen LogP contribution in [0.15, 0.2) is 12.3 Å². The van der Waals surface area contributed by atoms with Crippen molar-refractivity contribution in [2.75, 3.05) is 18.6 Å². The molecule has 4 rings (SSSR count). The van der Waals surface area contributed by atoms with Gasteiger partial charge >= 0.3 is 0 Å². The second-order valence-corrected chi connectivity index (χ2v) is 4.70. The molecule has 1 aliphatic carbocycles. The summed E-state index contributed by atoms with van der Waals surface area (Å²) >= 11 is 0. The Bertz CT molecular complexity index is 401. The van der Waals surface area contributed by atoms with Gasteiger partial charge in [-0.3, -0.25) is 0 Å². The number of aromatic nitrogens is 2. The molecule has 2 saturated heterocycles. The second-order valence-electron chi connectivity index (χ2n) is 4.70. The molecule has 86 valence electrons. The van der Waals surface area contributed by atoms with E-state index in [9.17, 15) is 0 Å². The fraction of sp³-hybridized carbons (Fsp3) is 0.636. The zero-order valence-electron chi connectivity index (χ0n) is 9.50. The molecule has 0 radical (unpaired) electrons. The van der Waals surface area contributed by atoms with Gasteiger partial charge in [0.15, 0.2) is 0 Å². The molecule has 2 N–H and O–H groups in total. The first-order valence-electron chi connectivity index (χ1n) is 5.61. The maximum atomic E-state index is 6.11. The third kappa shape index (κ3) is 1.15. The average molecular weight is 220 g/mol. The standard InChI is InChI=1S/C11H16N4O/c1-6-8-5-15(11(6)10(8)12)7-3-9(16-2)14-13-4-7/h3-4,6,8,10-11H,5,12H2,1-2H3/t6-,8?,10?,11?/m1/s1. The quantitative estimate of drug-likeness (QED) is 0.775. The number of nitrogens with two attached hydrogens (primary N) is 1. The fourth-order valence-corrected chi connectivity index (χ4v) is 3.06. The summed E-state index contributed by atoms with van der Waals surface area (Å²) in [6.07, 6.45) is 1.78. The van der Waals surface area contributed by atoms with Crippen LogP contribution in [0.1, 0.15) is 6.92 Å². The highest BCUT2D eigenvalue weighted by atomic mass is 16.5. The maximum absolute atomic E-state index is 6.11. The lowest BCUT2D eigenvalue weighted by atomic mass is 9.71. The van der Waals surface area contributed by atoms with Crippen molar-refractivity contribution in [1.82, 2.24) is 10.2 Å². The molecule has 3 aliphatic rings. The minimum atomic E-state index is 0.314. The topological polar surface area (TPSA) is 64.3 Å². The van der Waals surface area contributed by atoms with E-state index in [0.29, 0.717) is 29.8 Å². The van der Waals surface area contributed by atoms with Crippen molar-refractivity contribution in [1.29, 1.82) is 0 Å². The van der Waals surface area contributed by atoms with Gasteiger partial charge in [0.05, 0.1) is 19.0 Å². The SMILES string of the molecule is COc1cc(N2CC3C(N)C2[C@@H]3C)cnn1. The highest BCUT2D eigenvalue weighted by Crippen LogP contribution is 2.47. The first-order chi connectivity index (χ1) is 7.72. The third-order valence-corrected chi connectivity index (χ3v) is 4.03. The van der Waals surface area contributed by atoms with Gasteiger partial charge in [-0.05, 0) is 11.8 Å². The van der Waals surface area contributed by atoms with Crippen molar-refractivity contribution < 1.29 is 4.74 Å². The van der Waals surface area contributed by atoms with Crippen molar-refractivity contribution in [3.63, 3.8) is 0 Å². The normalized spacial score (nSPS) is 36.1. The van der Waals surface area contributed by atoms with Crippen LogP contribution >= 0.6 is 0 Å². The van der Waals surface area contributed by atoms with Gasteiger partial charge in [0, 0.05) is 24.7 Å². The van der Waals surface area contributed by atoms with Crippen LogP contribution in [-0.2, 0) is 0 Å². The average Bonchev–Trinajstić information content (AvgIpc) is 2.86. The zero-order valence-corrected chi connectivity index (χ0v) is 9.50. The van der Waals surface area contributed by atoms with Gasteiger partial charge < -0.3 is 15.4 Å². The number of fused-ring (bicyclic) bond motifs is 1. The molecule has 2 aliphatic heterocycles. The molecule has 5 nitrogen and oxygen atoms in total. The highest BCUT2D eigenvalue weighted by molar-refractivity contribution is 5.52. The first-order valence-corrected chi connectivity index (χ1v) is 5.61. The van der Waals surface area contributed by atoms with Crippen LogP contribution in [0.5, 0.6) is 5.88 Å². The largest absolute Gasteiger partial charge is 0.480 e. The summed E-state index contributed by atoms with van der Waals surface area (Å²) < 4.78 is 5.09. The highest BCUT2D eigenvalue weighted by Gasteiger charge is 2.56. The first kappa shape index (κ1) is 9.84. The van der Waals surface area contributed by atoms with Gasteiger partial charge in [0.2, 0.25) is 5.88 Å². The molecule has 2 bridgehead atoms. The lowest BCUT2D eigenvalue weighted by Crippen LogP contribution is -2.56. The molecular formula is C11H16N4O. The van der Waals surface area contributed by atoms with Crippen LogP contribution in [0, 0.1) is 11.8 Å². The van der Waals surface area contributed by atoms with Gasteiger partial charge in [-0.15, -0.1) is 5.10 Å². The Balaban J connectivity index is 1.88. The van der Waals surface area contributed by atoms with Gasteiger partial charge in [0.25, 0.3) is 0 Å². The molecule has 3 heterocycles. The second kappa shape index (κ2) is 3.31. The van der Waals surface area contributed by atoms with Crippen LogP contribution in [0.4, 0.5) is 5.69 Å². The van der Waals surface area contributed by atoms with E-state index < -0.39 is 0 Å². The van der Waals surface area contributed by atoms with Gasteiger partial charge in [-0.25, -0.2) is 0 Å². The predicted octanol–water partition coefficient (Wildman–Crippen LogP) is 0.267. The number of ether oxygens (including phenoxy) is 1. The molecule has 1 saturated carbocycles. The fourth-order valence-electron chi connectivity index (χ4n) is 3.06. The molecule has 1 aromatic rings.